The van der Waals surface area contributed by atoms with E-state index < -0.39 is 0 Å². The summed E-state index contributed by atoms with van der Waals surface area (Å²) in [5, 5.41) is 6.03. The lowest BCUT2D eigenvalue weighted by Gasteiger charge is -2.09. The monoisotopic (exact) mass is 362 g/mol. The lowest BCUT2D eigenvalue weighted by atomic mass is 10.1. The predicted octanol–water partition coefficient (Wildman–Crippen LogP) is 3.95. The molecular formula is C16H19BrN4O. The number of para-hydroxylation sites is 1. The Labute approximate surface area is 138 Å². The molecule has 116 valence electrons. The lowest BCUT2D eigenvalue weighted by Crippen LogP contribution is -2.15. The lowest BCUT2D eigenvalue weighted by molar-refractivity contribution is 0.102. The summed E-state index contributed by atoms with van der Waals surface area (Å²) >= 11 is 3.40. The molecule has 0 aliphatic carbocycles. The highest BCUT2D eigenvalue weighted by molar-refractivity contribution is 9.10. The van der Waals surface area contributed by atoms with Crippen molar-refractivity contribution in [2.45, 2.75) is 20.3 Å². The van der Waals surface area contributed by atoms with Crippen molar-refractivity contribution in [1.82, 2.24) is 9.97 Å². The minimum absolute atomic E-state index is 0.263. The minimum atomic E-state index is -0.263. The van der Waals surface area contributed by atoms with Gasteiger partial charge in [0.15, 0.2) is 0 Å². The van der Waals surface area contributed by atoms with Crippen LogP contribution in [0.25, 0.3) is 0 Å². The second-order valence-electron chi connectivity index (χ2n) is 5.33. The molecule has 0 saturated heterocycles. The van der Waals surface area contributed by atoms with Gasteiger partial charge in [0, 0.05) is 17.1 Å². The Bertz CT molecular complexity index is 646. The highest BCUT2D eigenvalue weighted by Crippen LogP contribution is 2.21. The average Bonchev–Trinajstić information content (AvgIpc) is 2.49. The van der Waals surface area contributed by atoms with Gasteiger partial charge in [0.2, 0.25) is 0 Å². The van der Waals surface area contributed by atoms with Crippen LogP contribution in [0.1, 0.15) is 30.8 Å². The first-order valence-corrected chi connectivity index (χ1v) is 7.97. The summed E-state index contributed by atoms with van der Waals surface area (Å²) < 4.78 is 0.827. The Balaban J connectivity index is 2.02. The Morgan fingerprint density at radius 1 is 1.27 bits per heavy atom. The van der Waals surface area contributed by atoms with Crippen molar-refractivity contribution in [3.05, 3.63) is 46.8 Å². The molecule has 0 fully saturated rings. The van der Waals surface area contributed by atoms with Crippen LogP contribution in [-0.4, -0.2) is 22.4 Å². The number of carbonyl (C=O) groups excluding carboxylic acids is 1. The average molecular weight is 363 g/mol. The quantitative estimate of drug-likeness (QED) is 0.816. The van der Waals surface area contributed by atoms with Crippen LogP contribution in [0.5, 0.6) is 0 Å². The van der Waals surface area contributed by atoms with Gasteiger partial charge in [-0.15, -0.1) is 0 Å². The molecule has 0 aliphatic rings. The molecule has 0 saturated carbocycles. The number of hydrogen-bond donors (Lipinski definition) is 2. The number of amides is 1. The molecule has 0 aliphatic heterocycles. The van der Waals surface area contributed by atoms with Gasteiger partial charge >= 0.3 is 0 Å². The van der Waals surface area contributed by atoms with E-state index in [1.165, 1.54) is 6.33 Å². The maximum atomic E-state index is 12.3. The molecule has 5 nitrogen and oxygen atoms in total. The van der Waals surface area contributed by atoms with Crippen LogP contribution in [0.3, 0.4) is 0 Å². The maximum absolute atomic E-state index is 12.3. The van der Waals surface area contributed by atoms with Crippen molar-refractivity contribution in [1.29, 1.82) is 0 Å². The van der Waals surface area contributed by atoms with E-state index in [9.17, 15) is 4.79 Å². The first-order valence-electron chi connectivity index (χ1n) is 7.18. The highest BCUT2D eigenvalue weighted by atomic mass is 79.9. The van der Waals surface area contributed by atoms with Gasteiger partial charge in [-0.05, 0) is 40.4 Å². The van der Waals surface area contributed by atoms with E-state index in [1.54, 1.807) is 6.07 Å². The van der Waals surface area contributed by atoms with Crippen LogP contribution >= 0.6 is 15.9 Å². The second kappa shape index (κ2) is 7.89. The fourth-order valence-corrected chi connectivity index (χ4v) is 2.20. The van der Waals surface area contributed by atoms with Crippen LogP contribution < -0.4 is 10.6 Å². The zero-order valence-electron chi connectivity index (χ0n) is 12.6. The van der Waals surface area contributed by atoms with E-state index in [1.807, 2.05) is 24.3 Å². The van der Waals surface area contributed by atoms with E-state index >= 15 is 0 Å². The molecule has 1 aromatic carbocycles. The predicted molar refractivity (Wildman–Crippen MR) is 92.1 cm³/mol. The minimum Gasteiger partial charge on any atom is -0.370 e. The third-order valence-electron chi connectivity index (χ3n) is 3.05. The Hall–Kier alpha value is -1.95. The normalized spacial score (nSPS) is 10.5. The van der Waals surface area contributed by atoms with E-state index in [0.29, 0.717) is 23.1 Å². The SMILES string of the molecule is CC(C)CCNc1cc(C(=O)Nc2ccccc2Br)ncn1. The van der Waals surface area contributed by atoms with E-state index in [-0.39, 0.29) is 5.91 Å². The number of rotatable bonds is 6. The van der Waals surface area contributed by atoms with Crippen molar-refractivity contribution in [3.8, 4) is 0 Å². The van der Waals surface area contributed by atoms with Crippen molar-refractivity contribution in [3.63, 3.8) is 0 Å². The fourth-order valence-electron chi connectivity index (χ4n) is 1.82. The van der Waals surface area contributed by atoms with Crippen molar-refractivity contribution >= 4 is 33.3 Å². The molecule has 1 aromatic heterocycles. The molecule has 2 N–H and O–H groups in total. The molecule has 0 spiro atoms. The number of halogens is 1. The van der Waals surface area contributed by atoms with Crippen molar-refractivity contribution in [2.75, 3.05) is 17.2 Å². The Morgan fingerprint density at radius 2 is 2.05 bits per heavy atom. The third-order valence-corrected chi connectivity index (χ3v) is 3.74. The van der Waals surface area contributed by atoms with Gasteiger partial charge in [0.05, 0.1) is 5.69 Å². The van der Waals surface area contributed by atoms with E-state index in [2.05, 4.69) is 50.4 Å². The summed E-state index contributed by atoms with van der Waals surface area (Å²) in [6, 6.07) is 9.10. The molecule has 0 atom stereocenters. The van der Waals surface area contributed by atoms with Gasteiger partial charge in [-0.25, -0.2) is 9.97 Å². The smallest absolute Gasteiger partial charge is 0.274 e. The molecule has 0 radical (unpaired) electrons. The Morgan fingerprint density at radius 3 is 2.77 bits per heavy atom. The summed E-state index contributed by atoms with van der Waals surface area (Å²) in [5.74, 6) is 1.02. The summed E-state index contributed by atoms with van der Waals surface area (Å²) in [4.78, 5) is 20.4. The number of anilines is 2. The number of hydrogen-bond acceptors (Lipinski definition) is 4. The summed E-state index contributed by atoms with van der Waals surface area (Å²) in [6.07, 6.45) is 2.44. The highest BCUT2D eigenvalue weighted by Gasteiger charge is 2.10. The molecule has 2 rings (SSSR count). The number of nitrogens with zero attached hydrogens (tertiary/aromatic N) is 2. The first-order chi connectivity index (χ1) is 10.6. The van der Waals surface area contributed by atoms with Gasteiger partial charge in [0.25, 0.3) is 5.91 Å². The van der Waals surface area contributed by atoms with Crippen molar-refractivity contribution in [2.24, 2.45) is 5.92 Å². The van der Waals surface area contributed by atoms with Gasteiger partial charge in [-0.1, -0.05) is 26.0 Å². The van der Waals surface area contributed by atoms with Gasteiger partial charge < -0.3 is 10.6 Å². The molecule has 0 unspecified atom stereocenters. The summed E-state index contributed by atoms with van der Waals surface area (Å²) in [6.45, 7) is 5.15. The van der Waals surface area contributed by atoms with Crippen LogP contribution in [0.2, 0.25) is 0 Å². The fraction of sp³-hybridized carbons (Fsp3) is 0.312. The second-order valence-corrected chi connectivity index (χ2v) is 6.19. The largest absolute Gasteiger partial charge is 0.370 e. The molecule has 1 amide bonds. The summed E-state index contributed by atoms with van der Waals surface area (Å²) in [5.41, 5.74) is 1.04. The molecule has 22 heavy (non-hydrogen) atoms. The maximum Gasteiger partial charge on any atom is 0.274 e. The van der Waals surface area contributed by atoms with Crippen molar-refractivity contribution < 1.29 is 4.79 Å². The van der Waals surface area contributed by atoms with E-state index in [4.69, 9.17) is 0 Å². The molecule has 0 bridgehead atoms. The standard InChI is InChI=1S/C16H19BrN4O/c1-11(2)7-8-18-15-9-14(19-10-20-15)16(22)21-13-6-4-3-5-12(13)17/h3-6,9-11H,7-8H2,1-2H3,(H,21,22)(H,18,19,20). The molecule has 2 aromatic rings. The Kier molecular flexibility index (Phi) is 5.89. The van der Waals surface area contributed by atoms with Crippen LogP contribution in [-0.2, 0) is 0 Å². The van der Waals surface area contributed by atoms with Crippen LogP contribution in [0.15, 0.2) is 41.1 Å². The van der Waals surface area contributed by atoms with Crippen LogP contribution in [0, 0.1) is 5.92 Å². The zero-order valence-corrected chi connectivity index (χ0v) is 14.2. The molecule has 6 heteroatoms. The number of aromatic nitrogens is 2. The topological polar surface area (TPSA) is 66.9 Å². The zero-order chi connectivity index (χ0) is 15.9. The number of benzene rings is 1. The third kappa shape index (κ3) is 4.80. The molecular weight excluding hydrogens is 344 g/mol. The first kappa shape index (κ1) is 16.4. The van der Waals surface area contributed by atoms with Gasteiger partial charge in [-0.2, -0.15) is 0 Å². The van der Waals surface area contributed by atoms with Crippen LogP contribution in [0.4, 0.5) is 11.5 Å². The number of carbonyl (C=O) groups is 1. The van der Waals surface area contributed by atoms with Gasteiger partial charge in [-0.3, -0.25) is 4.79 Å². The van der Waals surface area contributed by atoms with Gasteiger partial charge in [0.1, 0.15) is 17.8 Å². The summed E-state index contributed by atoms with van der Waals surface area (Å²) in [7, 11) is 0. The number of nitrogens with one attached hydrogen (secondary N) is 2. The van der Waals surface area contributed by atoms with E-state index in [0.717, 1.165) is 17.4 Å². The molecule has 1 heterocycles.